The second-order valence-corrected chi connectivity index (χ2v) is 10.7. The molecule has 3 aromatic rings. The SMILES string of the molecule is COc1ccc([C@H](CC(C)C)NC(=S)Nc2cccc(C(=O)c3ccc(C(C)(C)C)cc3)c2)cc1. The van der Waals surface area contributed by atoms with E-state index in [0.29, 0.717) is 22.2 Å². The summed E-state index contributed by atoms with van der Waals surface area (Å²) in [5, 5.41) is 7.22. The number of anilines is 1. The third kappa shape index (κ3) is 7.40. The van der Waals surface area contributed by atoms with Gasteiger partial charge in [0.1, 0.15) is 5.75 Å². The maximum Gasteiger partial charge on any atom is 0.193 e. The van der Waals surface area contributed by atoms with E-state index in [9.17, 15) is 4.79 Å². The van der Waals surface area contributed by atoms with Crippen molar-refractivity contribution in [1.82, 2.24) is 5.32 Å². The Morgan fingerprint density at radius 3 is 2.17 bits per heavy atom. The van der Waals surface area contributed by atoms with Crippen molar-refractivity contribution in [2.45, 2.75) is 52.5 Å². The normalized spacial score (nSPS) is 12.2. The van der Waals surface area contributed by atoms with Gasteiger partial charge in [0.2, 0.25) is 0 Å². The van der Waals surface area contributed by atoms with E-state index < -0.39 is 0 Å². The number of benzene rings is 3. The van der Waals surface area contributed by atoms with E-state index in [1.54, 1.807) is 7.11 Å². The average molecular weight is 489 g/mol. The molecule has 0 bridgehead atoms. The molecule has 2 N–H and O–H groups in total. The van der Waals surface area contributed by atoms with Gasteiger partial charge in [-0.25, -0.2) is 0 Å². The van der Waals surface area contributed by atoms with Crippen molar-refractivity contribution in [2.75, 3.05) is 12.4 Å². The summed E-state index contributed by atoms with van der Waals surface area (Å²) in [7, 11) is 1.66. The van der Waals surface area contributed by atoms with E-state index in [-0.39, 0.29) is 17.2 Å². The number of carbonyl (C=O) groups is 1. The first-order valence-electron chi connectivity index (χ1n) is 12.0. The molecule has 1 atom stereocenters. The Hall–Kier alpha value is -3.18. The van der Waals surface area contributed by atoms with E-state index in [1.165, 1.54) is 5.56 Å². The molecular formula is C30H36N2O2S. The molecule has 0 aliphatic heterocycles. The number of nitrogens with one attached hydrogen (secondary N) is 2. The highest BCUT2D eigenvalue weighted by Gasteiger charge is 2.17. The van der Waals surface area contributed by atoms with Gasteiger partial charge < -0.3 is 15.4 Å². The van der Waals surface area contributed by atoms with Gasteiger partial charge in [0, 0.05) is 16.8 Å². The van der Waals surface area contributed by atoms with Gasteiger partial charge in [-0.05, 0) is 65.4 Å². The van der Waals surface area contributed by atoms with Crippen molar-refractivity contribution in [3.8, 4) is 5.75 Å². The predicted octanol–water partition coefficient (Wildman–Crippen LogP) is 7.30. The van der Waals surface area contributed by atoms with E-state index in [0.717, 1.165) is 23.4 Å². The number of thiocarbonyl (C=S) groups is 1. The molecule has 0 radical (unpaired) electrons. The molecular weight excluding hydrogens is 452 g/mol. The first kappa shape index (κ1) is 26.4. The van der Waals surface area contributed by atoms with Crippen molar-refractivity contribution in [1.29, 1.82) is 0 Å². The molecule has 0 heterocycles. The zero-order valence-corrected chi connectivity index (χ0v) is 22.3. The summed E-state index contributed by atoms with van der Waals surface area (Å²) >= 11 is 5.63. The minimum atomic E-state index is -0.0103. The van der Waals surface area contributed by atoms with Crippen LogP contribution in [0.15, 0.2) is 72.8 Å². The van der Waals surface area contributed by atoms with Crippen molar-refractivity contribution >= 4 is 28.8 Å². The van der Waals surface area contributed by atoms with Crippen LogP contribution in [-0.4, -0.2) is 18.0 Å². The van der Waals surface area contributed by atoms with Gasteiger partial charge in [0.15, 0.2) is 10.9 Å². The minimum Gasteiger partial charge on any atom is -0.497 e. The average Bonchev–Trinajstić information content (AvgIpc) is 2.82. The van der Waals surface area contributed by atoms with Gasteiger partial charge in [-0.15, -0.1) is 0 Å². The summed E-state index contributed by atoms with van der Waals surface area (Å²) in [5.41, 5.74) is 4.47. The topological polar surface area (TPSA) is 50.4 Å². The van der Waals surface area contributed by atoms with Crippen LogP contribution in [0.2, 0.25) is 0 Å². The standard InChI is InChI=1S/C30H36N2O2S/c1-20(2)18-27(21-12-16-26(34-6)17-13-21)32-29(35)31-25-9-7-8-23(19-25)28(33)22-10-14-24(15-11-22)30(3,4)5/h7-17,19-20,27H,18H2,1-6H3,(H2,31,32,35)/t27-/m0/s1. The summed E-state index contributed by atoms with van der Waals surface area (Å²) in [6.45, 7) is 10.9. The lowest BCUT2D eigenvalue weighted by molar-refractivity contribution is 0.103. The lowest BCUT2D eigenvalue weighted by atomic mass is 9.86. The molecule has 0 saturated heterocycles. The van der Waals surface area contributed by atoms with Crippen LogP contribution in [0.3, 0.4) is 0 Å². The number of hydrogen-bond donors (Lipinski definition) is 2. The second-order valence-electron chi connectivity index (χ2n) is 10.3. The van der Waals surface area contributed by atoms with Crippen LogP contribution in [0.5, 0.6) is 5.75 Å². The molecule has 0 aliphatic carbocycles. The van der Waals surface area contributed by atoms with Gasteiger partial charge in [-0.2, -0.15) is 0 Å². The zero-order chi connectivity index (χ0) is 25.6. The summed E-state index contributed by atoms with van der Waals surface area (Å²) in [5.74, 6) is 1.30. The number of methoxy groups -OCH3 is 1. The molecule has 35 heavy (non-hydrogen) atoms. The molecule has 0 saturated carbocycles. The molecule has 0 unspecified atom stereocenters. The van der Waals surface area contributed by atoms with Crippen LogP contribution in [-0.2, 0) is 5.41 Å². The third-order valence-electron chi connectivity index (χ3n) is 5.93. The molecule has 0 fully saturated rings. The van der Waals surface area contributed by atoms with E-state index >= 15 is 0 Å². The quantitative estimate of drug-likeness (QED) is 0.257. The highest BCUT2D eigenvalue weighted by Crippen LogP contribution is 2.25. The fourth-order valence-corrected chi connectivity index (χ4v) is 4.20. The highest BCUT2D eigenvalue weighted by atomic mass is 32.1. The highest BCUT2D eigenvalue weighted by molar-refractivity contribution is 7.80. The summed E-state index contributed by atoms with van der Waals surface area (Å²) in [6, 6.07) is 23.4. The fourth-order valence-electron chi connectivity index (χ4n) is 3.94. The number of carbonyl (C=O) groups excluding carboxylic acids is 1. The van der Waals surface area contributed by atoms with Crippen molar-refractivity contribution in [3.05, 3.63) is 95.1 Å². The number of ether oxygens (including phenoxy) is 1. The number of ketones is 1. The number of rotatable bonds is 8. The van der Waals surface area contributed by atoms with Gasteiger partial charge >= 0.3 is 0 Å². The molecule has 4 nitrogen and oxygen atoms in total. The van der Waals surface area contributed by atoms with Crippen molar-refractivity contribution < 1.29 is 9.53 Å². The van der Waals surface area contributed by atoms with Crippen LogP contribution in [0.4, 0.5) is 5.69 Å². The van der Waals surface area contributed by atoms with Crippen molar-refractivity contribution in [2.24, 2.45) is 5.92 Å². The fraction of sp³-hybridized carbons (Fsp3) is 0.333. The van der Waals surface area contributed by atoms with E-state index in [2.05, 4.69) is 57.4 Å². The van der Waals surface area contributed by atoms with Crippen LogP contribution < -0.4 is 15.4 Å². The molecule has 0 spiro atoms. The Balaban J connectivity index is 1.71. The second kappa shape index (κ2) is 11.5. The first-order chi connectivity index (χ1) is 16.6. The van der Waals surface area contributed by atoms with Gasteiger partial charge in [-0.1, -0.05) is 83.1 Å². The third-order valence-corrected chi connectivity index (χ3v) is 6.15. The zero-order valence-electron chi connectivity index (χ0n) is 21.5. The molecule has 0 aliphatic rings. The number of hydrogen-bond acceptors (Lipinski definition) is 3. The maximum atomic E-state index is 13.1. The Labute approximate surface area is 215 Å². The van der Waals surface area contributed by atoms with Gasteiger partial charge in [-0.3, -0.25) is 4.79 Å². The molecule has 0 aromatic heterocycles. The lowest BCUT2D eigenvalue weighted by Gasteiger charge is -2.23. The largest absolute Gasteiger partial charge is 0.497 e. The predicted molar refractivity (Wildman–Crippen MR) is 150 cm³/mol. The molecule has 0 amide bonds. The molecule has 3 rings (SSSR count). The molecule has 3 aromatic carbocycles. The summed E-state index contributed by atoms with van der Waals surface area (Å²) < 4.78 is 5.29. The molecule has 5 heteroatoms. The Morgan fingerprint density at radius 2 is 1.60 bits per heavy atom. The minimum absolute atomic E-state index is 0.0103. The maximum absolute atomic E-state index is 13.1. The lowest BCUT2D eigenvalue weighted by Crippen LogP contribution is -2.33. The Kier molecular flexibility index (Phi) is 8.68. The van der Waals surface area contributed by atoms with Gasteiger partial charge in [0.25, 0.3) is 0 Å². The van der Waals surface area contributed by atoms with Crippen LogP contribution in [0.1, 0.15) is 74.1 Å². The van der Waals surface area contributed by atoms with Crippen LogP contribution >= 0.6 is 12.2 Å². The Bertz CT molecular complexity index is 1150. The van der Waals surface area contributed by atoms with Crippen LogP contribution in [0.25, 0.3) is 0 Å². The van der Waals surface area contributed by atoms with E-state index in [1.807, 2.05) is 60.7 Å². The summed E-state index contributed by atoms with van der Waals surface area (Å²) in [6.07, 6.45) is 0.928. The monoisotopic (exact) mass is 488 g/mol. The Morgan fingerprint density at radius 1 is 0.943 bits per heavy atom. The van der Waals surface area contributed by atoms with E-state index in [4.69, 9.17) is 17.0 Å². The van der Waals surface area contributed by atoms with Crippen molar-refractivity contribution in [3.63, 3.8) is 0 Å². The van der Waals surface area contributed by atoms with Crippen LogP contribution in [0, 0.1) is 5.92 Å². The smallest absolute Gasteiger partial charge is 0.193 e. The van der Waals surface area contributed by atoms with Gasteiger partial charge in [0.05, 0.1) is 13.2 Å². The first-order valence-corrected chi connectivity index (χ1v) is 12.4. The molecule has 184 valence electrons. The summed E-state index contributed by atoms with van der Waals surface area (Å²) in [4.78, 5) is 13.1.